The molecule has 0 amide bonds. The van der Waals surface area contributed by atoms with Gasteiger partial charge in [-0.1, -0.05) is 0 Å². The van der Waals surface area contributed by atoms with E-state index in [0.717, 1.165) is 24.6 Å². The van der Waals surface area contributed by atoms with Crippen LogP contribution in [-0.4, -0.2) is 68.1 Å². The Bertz CT molecular complexity index is 799. The first kappa shape index (κ1) is 18.8. The molecule has 0 spiro atoms. The van der Waals surface area contributed by atoms with Gasteiger partial charge in [-0.15, -0.1) is 0 Å². The molecule has 2 aromatic rings. The van der Waals surface area contributed by atoms with Gasteiger partial charge in [-0.2, -0.15) is 10.2 Å². The van der Waals surface area contributed by atoms with E-state index in [-0.39, 0.29) is 11.8 Å². The van der Waals surface area contributed by atoms with Crippen LogP contribution in [0.25, 0.3) is 0 Å². The van der Waals surface area contributed by atoms with Crippen molar-refractivity contribution in [3.05, 3.63) is 40.5 Å². The fraction of sp³-hybridized carbons (Fsp3) is 0.562. The molecule has 27 heavy (non-hydrogen) atoms. The number of nitrogens with zero attached hydrogens (tertiary/aromatic N) is 7. The summed E-state index contributed by atoms with van der Waals surface area (Å²) in [6.45, 7) is 5.75. The molecule has 11 heteroatoms. The zero-order chi connectivity index (χ0) is 19.2. The molecule has 0 saturated carbocycles. The van der Waals surface area contributed by atoms with Gasteiger partial charge in [0.05, 0.1) is 37.4 Å². The third-order valence-electron chi connectivity index (χ3n) is 4.22. The molecule has 1 saturated heterocycles. The molecule has 11 nitrogen and oxygen atoms in total. The number of nitro groups is 1. The highest BCUT2D eigenvalue weighted by molar-refractivity contribution is 5.80. The van der Waals surface area contributed by atoms with E-state index in [9.17, 15) is 10.1 Å². The first-order valence-corrected chi connectivity index (χ1v) is 8.87. The highest BCUT2D eigenvalue weighted by Gasteiger charge is 2.25. The third-order valence-corrected chi connectivity index (χ3v) is 4.22. The predicted octanol–water partition coefficient (Wildman–Crippen LogP) is 0.564. The van der Waals surface area contributed by atoms with Crippen molar-refractivity contribution in [3.8, 4) is 0 Å². The fourth-order valence-corrected chi connectivity index (χ4v) is 2.90. The van der Waals surface area contributed by atoms with E-state index in [2.05, 4.69) is 25.4 Å². The summed E-state index contributed by atoms with van der Waals surface area (Å²) >= 11 is 0. The fourth-order valence-electron chi connectivity index (χ4n) is 2.90. The maximum absolute atomic E-state index is 10.7. The topological polar surface area (TPSA) is 116 Å². The lowest BCUT2D eigenvalue weighted by molar-refractivity contribution is -0.385. The van der Waals surface area contributed by atoms with E-state index in [4.69, 9.17) is 4.74 Å². The Morgan fingerprint density at radius 2 is 2.30 bits per heavy atom. The van der Waals surface area contributed by atoms with Crippen molar-refractivity contribution in [3.63, 3.8) is 0 Å². The Hall–Kier alpha value is -2.95. The zero-order valence-corrected chi connectivity index (χ0v) is 15.5. The Kier molecular flexibility index (Phi) is 6.01. The number of guanidine groups is 1. The molecule has 146 valence electrons. The Balaban J connectivity index is 1.62. The molecular weight excluding hydrogens is 352 g/mol. The van der Waals surface area contributed by atoms with E-state index in [1.54, 1.807) is 4.68 Å². The van der Waals surface area contributed by atoms with Gasteiger partial charge in [0.25, 0.3) is 0 Å². The van der Waals surface area contributed by atoms with Gasteiger partial charge in [0, 0.05) is 31.9 Å². The number of rotatable bonds is 6. The summed E-state index contributed by atoms with van der Waals surface area (Å²) < 4.78 is 9.17. The van der Waals surface area contributed by atoms with Crippen molar-refractivity contribution in [1.29, 1.82) is 0 Å². The molecule has 1 aliphatic rings. The van der Waals surface area contributed by atoms with Gasteiger partial charge >= 0.3 is 5.69 Å². The van der Waals surface area contributed by atoms with Crippen LogP contribution in [0.4, 0.5) is 5.69 Å². The Morgan fingerprint density at radius 1 is 1.44 bits per heavy atom. The highest BCUT2D eigenvalue weighted by atomic mass is 16.6. The molecule has 0 aliphatic carbocycles. The lowest BCUT2D eigenvalue weighted by Crippen LogP contribution is -2.48. The molecule has 0 radical (unpaired) electrons. The second-order valence-corrected chi connectivity index (χ2v) is 6.21. The number of hydrogen-bond acceptors (Lipinski definition) is 6. The quantitative estimate of drug-likeness (QED) is 0.339. The van der Waals surface area contributed by atoms with Crippen LogP contribution in [0.15, 0.2) is 29.8 Å². The van der Waals surface area contributed by atoms with Crippen LogP contribution in [0.2, 0.25) is 0 Å². The van der Waals surface area contributed by atoms with Crippen LogP contribution in [0.3, 0.4) is 0 Å². The van der Waals surface area contributed by atoms with Crippen molar-refractivity contribution in [2.24, 2.45) is 12.0 Å². The summed E-state index contributed by atoms with van der Waals surface area (Å²) in [5.74, 6) is 0.802. The molecule has 1 N–H and O–H groups in total. The minimum Gasteiger partial charge on any atom is -0.370 e. The SMILES string of the molecule is CCNC(=NCCn1cc([N+](=O)[O-])cn1)N1CCOC(c2cnn(C)c2)C1. The van der Waals surface area contributed by atoms with E-state index >= 15 is 0 Å². The number of aromatic nitrogens is 4. The summed E-state index contributed by atoms with van der Waals surface area (Å²) in [5, 5.41) is 22.2. The predicted molar refractivity (Wildman–Crippen MR) is 98.3 cm³/mol. The van der Waals surface area contributed by atoms with E-state index < -0.39 is 4.92 Å². The molecule has 1 aliphatic heterocycles. The number of aryl methyl sites for hydroxylation is 1. The molecule has 2 aromatic heterocycles. The average Bonchev–Trinajstić information content (AvgIpc) is 3.30. The van der Waals surface area contributed by atoms with Crippen molar-refractivity contribution in [1.82, 2.24) is 29.8 Å². The molecule has 1 fully saturated rings. The van der Waals surface area contributed by atoms with Crippen LogP contribution in [0.5, 0.6) is 0 Å². The number of nitrogens with one attached hydrogen (secondary N) is 1. The lowest BCUT2D eigenvalue weighted by Gasteiger charge is -2.34. The standard InChI is InChI=1S/C16H24N8O3/c1-3-17-16(18-4-5-23-11-14(9-20-23)24(25)26)22-6-7-27-15(12-22)13-8-19-21(2)10-13/h8-11,15H,3-7,12H2,1-2H3,(H,17,18). The second kappa shape index (κ2) is 8.62. The third kappa shape index (κ3) is 4.82. The van der Waals surface area contributed by atoms with Crippen molar-refractivity contribution >= 4 is 11.6 Å². The van der Waals surface area contributed by atoms with E-state index in [0.29, 0.717) is 26.2 Å². The Morgan fingerprint density at radius 3 is 2.96 bits per heavy atom. The summed E-state index contributed by atoms with van der Waals surface area (Å²) in [6.07, 6.45) is 6.39. The smallest absolute Gasteiger partial charge is 0.306 e. The lowest BCUT2D eigenvalue weighted by atomic mass is 10.1. The highest BCUT2D eigenvalue weighted by Crippen LogP contribution is 2.21. The molecule has 3 heterocycles. The van der Waals surface area contributed by atoms with Crippen molar-refractivity contribution < 1.29 is 9.66 Å². The molecule has 3 rings (SSSR count). The van der Waals surface area contributed by atoms with E-state index in [1.807, 2.05) is 26.4 Å². The number of ether oxygens (including phenoxy) is 1. The van der Waals surface area contributed by atoms with Gasteiger partial charge < -0.3 is 15.0 Å². The van der Waals surface area contributed by atoms with Gasteiger partial charge in [0.2, 0.25) is 0 Å². The Labute approximate surface area is 156 Å². The van der Waals surface area contributed by atoms with Gasteiger partial charge in [0.1, 0.15) is 18.5 Å². The van der Waals surface area contributed by atoms with Crippen molar-refractivity contribution in [2.45, 2.75) is 19.6 Å². The van der Waals surface area contributed by atoms with Crippen LogP contribution in [-0.2, 0) is 18.3 Å². The van der Waals surface area contributed by atoms with Crippen LogP contribution in [0.1, 0.15) is 18.6 Å². The summed E-state index contributed by atoms with van der Waals surface area (Å²) in [5.41, 5.74) is 1.03. The van der Waals surface area contributed by atoms with Crippen molar-refractivity contribution in [2.75, 3.05) is 32.8 Å². The number of hydrogen-bond donors (Lipinski definition) is 1. The molecule has 0 bridgehead atoms. The summed E-state index contributed by atoms with van der Waals surface area (Å²) in [6, 6.07) is 0. The maximum atomic E-state index is 10.7. The minimum atomic E-state index is -0.455. The molecule has 1 atom stereocenters. The first-order valence-electron chi connectivity index (χ1n) is 8.87. The largest absolute Gasteiger partial charge is 0.370 e. The number of morpholine rings is 1. The zero-order valence-electron chi connectivity index (χ0n) is 15.5. The molecule has 0 aromatic carbocycles. The summed E-state index contributed by atoms with van der Waals surface area (Å²) in [4.78, 5) is 17.1. The molecule has 1 unspecified atom stereocenters. The average molecular weight is 376 g/mol. The normalized spacial score (nSPS) is 17.9. The van der Waals surface area contributed by atoms with Gasteiger partial charge in [-0.3, -0.25) is 24.5 Å². The monoisotopic (exact) mass is 376 g/mol. The minimum absolute atomic E-state index is 0.0154. The maximum Gasteiger partial charge on any atom is 0.306 e. The number of aliphatic imine (C=N–C) groups is 1. The second-order valence-electron chi connectivity index (χ2n) is 6.21. The summed E-state index contributed by atoms with van der Waals surface area (Å²) in [7, 11) is 1.88. The van der Waals surface area contributed by atoms with Crippen LogP contribution in [0, 0.1) is 10.1 Å². The van der Waals surface area contributed by atoms with E-state index in [1.165, 1.54) is 17.1 Å². The van der Waals surface area contributed by atoms with Gasteiger partial charge in [-0.05, 0) is 6.92 Å². The van der Waals surface area contributed by atoms with Crippen LogP contribution >= 0.6 is 0 Å². The van der Waals surface area contributed by atoms with Gasteiger partial charge in [0.15, 0.2) is 5.96 Å². The van der Waals surface area contributed by atoms with Crippen LogP contribution < -0.4 is 5.32 Å². The first-order chi connectivity index (χ1) is 13.1. The molecular formula is C16H24N8O3. The van der Waals surface area contributed by atoms with Gasteiger partial charge in [-0.25, -0.2) is 0 Å².